The van der Waals surface area contributed by atoms with Crippen LogP contribution in [-0.4, -0.2) is 175 Å². The lowest BCUT2D eigenvalue weighted by atomic mass is 9.43. The number of hydrogen-bond acceptors (Lipinski definition) is 18. The Morgan fingerprint density at radius 1 is 0.600 bits per heavy atom. The Morgan fingerprint density at radius 3 is 1.71 bits per heavy atom. The molecule has 0 unspecified atom stereocenters. The molecule has 0 amide bonds. The molecule has 0 aromatic rings. The Balaban J connectivity index is 0.000000511. The van der Waals surface area contributed by atoms with Crippen molar-refractivity contribution in [2.24, 2.45) is 34.5 Å². The van der Waals surface area contributed by atoms with Gasteiger partial charge in [-0.2, -0.15) is 0 Å². The van der Waals surface area contributed by atoms with Gasteiger partial charge in [-0.05, 0) is 101 Å². The summed E-state index contributed by atoms with van der Waals surface area (Å²) in [6, 6.07) is 0. The van der Waals surface area contributed by atoms with Gasteiger partial charge < -0.3 is 83.9 Å². The zero-order valence-electron chi connectivity index (χ0n) is 38.7. The zero-order chi connectivity index (χ0) is 46.9. The summed E-state index contributed by atoms with van der Waals surface area (Å²) in [5.74, 6) is 0.174. The van der Waals surface area contributed by atoms with Crippen LogP contribution < -0.4 is 0 Å². The molecule has 25 atom stereocenters. The highest BCUT2D eigenvalue weighted by Crippen LogP contribution is 2.70. The number of carbonyl (C=O) groups excluding carboxylic acids is 1. The van der Waals surface area contributed by atoms with Crippen LogP contribution in [-0.2, 0) is 42.7 Å². The van der Waals surface area contributed by atoms with Gasteiger partial charge in [-0.25, -0.2) is 4.79 Å². The number of fused-ring (bicyclic) bond motifs is 5. The topological polar surface area (TPSA) is 273 Å². The summed E-state index contributed by atoms with van der Waals surface area (Å²) in [6.45, 7) is 11.6. The van der Waals surface area contributed by atoms with Gasteiger partial charge in [0, 0.05) is 49.5 Å². The first-order valence-electron chi connectivity index (χ1n) is 24.2. The molecule has 5 aliphatic heterocycles. The molecule has 18 nitrogen and oxygen atoms in total. The van der Waals surface area contributed by atoms with Gasteiger partial charge in [0.25, 0.3) is 0 Å². The molecule has 0 spiro atoms. The largest absolute Gasteiger partial charge is 0.458 e. The highest BCUT2D eigenvalue weighted by molar-refractivity contribution is 5.85. The summed E-state index contributed by atoms with van der Waals surface area (Å²) in [6.07, 6.45) is -4.33. The Labute approximate surface area is 381 Å². The molecule has 0 aromatic carbocycles. The van der Waals surface area contributed by atoms with E-state index in [1.807, 2.05) is 6.92 Å². The molecule has 65 heavy (non-hydrogen) atoms. The lowest BCUT2D eigenvalue weighted by Crippen LogP contribution is -2.62. The van der Waals surface area contributed by atoms with E-state index >= 15 is 0 Å². The summed E-state index contributed by atoms with van der Waals surface area (Å²) in [5.41, 5.74) is -0.686. The van der Waals surface area contributed by atoms with E-state index in [-0.39, 0.29) is 61.6 Å². The molecule has 18 heteroatoms. The number of esters is 1. The molecular formula is C47H76O18. The second kappa shape index (κ2) is 19.4. The van der Waals surface area contributed by atoms with E-state index < -0.39 is 116 Å². The SMILES string of the molecule is C[C@H]1O[C@@H](O)C[C@H](O)[C@@H]1O.C[C@H]1O[C@@H](O[C@H]2[C@@H](O)C[C@H](O[C@H]3[C@@H](O)C[C@H](O[C@H]4CC[C@@]5(C)[C@H](CC[C@@H]6[C@@H]5CC[C@]5(C)[C@@H](C7=CC(=O)OC7)[C@@H](O)C[C@]65O)C4)O[C@@H]3C)O[C@@H]2C)C[C@H](O)[C@@H]1O. The number of cyclic esters (lactones) is 1. The molecular weight excluding hydrogens is 852 g/mol. The van der Waals surface area contributed by atoms with Gasteiger partial charge in [-0.1, -0.05) is 13.8 Å². The molecule has 0 radical (unpaired) electrons. The fourth-order valence-electron chi connectivity index (χ4n) is 13.9. The van der Waals surface area contributed by atoms with E-state index in [9.17, 15) is 35.4 Å². The Kier molecular flexibility index (Phi) is 14.9. The lowest BCUT2D eigenvalue weighted by molar-refractivity contribution is -0.336. The van der Waals surface area contributed by atoms with Crippen molar-refractivity contribution >= 4 is 5.97 Å². The van der Waals surface area contributed by atoms with Crippen LogP contribution in [0.2, 0.25) is 0 Å². The maximum Gasteiger partial charge on any atom is 0.331 e. The normalized spacial score (nSPS) is 54.6. The van der Waals surface area contributed by atoms with Gasteiger partial charge in [0.05, 0.1) is 66.6 Å². The van der Waals surface area contributed by atoms with Crippen LogP contribution in [0.15, 0.2) is 11.6 Å². The van der Waals surface area contributed by atoms with Gasteiger partial charge in [-0.15, -0.1) is 0 Å². The van der Waals surface area contributed by atoms with Crippen LogP contribution in [0.5, 0.6) is 0 Å². The molecule has 372 valence electrons. The van der Waals surface area contributed by atoms with Gasteiger partial charge in [0.2, 0.25) is 0 Å². The van der Waals surface area contributed by atoms with Crippen LogP contribution in [0.3, 0.4) is 0 Å². The molecule has 4 saturated heterocycles. The summed E-state index contributed by atoms with van der Waals surface area (Å²) in [5, 5.41) is 93.3. The van der Waals surface area contributed by atoms with Gasteiger partial charge >= 0.3 is 5.97 Å². The lowest BCUT2D eigenvalue weighted by Gasteiger charge is -2.63. The van der Waals surface area contributed by atoms with Crippen molar-refractivity contribution in [2.45, 2.75) is 235 Å². The van der Waals surface area contributed by atoms with Crippen molar-refractivity contribution < 1.29 is 88.6 Å². The molecule has 9 rings (SSSR count). The smallest absolute Gasteiger partial charge is 0.331 e. The van der Waals surface area contributed by atoms with Crippen LogP contribution in [0.1, 0.15) is 119 Å². The molecule has 5 heterocycles. The van der Waals surface area contributed by atoms with E-state index in [1.165, 1.54) is 6.08 Å². The van der Waals surface area contributed by atoms with E-state index in [1.54, 1.807) is 20.8 Å². The number of ether oxygens (including phenoxy) is 8. The van der Waals surface area contributed by atoms with E-state index in [2.05, 4.69) is 13.8 Å². The molecule has 9 aliphatic rings. The van der Waals surface area contributed by atoms with Crippen molar-refractivity contribution in [3.8, 4) is 0 Å². The predicted molar refractivity (Wildman–Crippen MR) is 226 cm³/mol. The van der Waals surface area contributed by atoms with Crippen LogP contribution >= 0.6 is 0 Å². The van der Waals surface area contributed by atoms with Gasteiger partial charge in [0.1, 0.15) is 31.0 Å². The van der Waals surface area contributed by atoms with Crippen molar-refractivity contribution in [3.63, 3.8) is 0 Å². The summed E-state index contributed by atoms with van der Waals surface area (Å²) >= 11 is 0. The monoisotopic (exact) mass is 929 g/mol. The molecule has 0 aromatic heterocycles. The third-order valence-corrected chi connectivity index (χ3v) is 17.5. The highest BCUT2D eigenvalue weighted by Gasteiger charge is 2.70. The predicted octanol–water partition coefficient (Wildman–Crippen LogP) is 1.05. The van der Waals surface area contributed by atoms with E-state index in [0.717, 1.165) is 50.5 Å². The average Bonchev–Trinajstić information content (AvgIpc) is 3.74. The first-order valence-corrected chi connectivity index (χ1v) is 24.2. The second-order valence-corrected chi connectivity index (χ2v) is 21.5. The minimum absolute atomic E-state index is 0.0203. The fourth-order valence-corrected chi connectivity index (χ4v) is 13.9. The maximum atomic E-state index is 12.6. The quantitative estimate of drug-likeness (QED) is 0.128. The number of aliphatic hydroxyl groups is 9. The fraction of sp³-hybridized carbons (Fsp3) is 0.936. The second-order valence-electron chi connectivity index (χ2n) is 21.5. The summed E-state index contributed by atoms with van der Waals surface area (Å²) < 4.78 is 46.9. The highest BCUT2D eigenvalue weighted by atomic mass is 16.7. The number of carbonyl (C=O) groups is 1. The summed E-state index contributed by atoms with van der Waals surface area (Å²) in [4.78, 5) is 12.0. The van der Waals surface area contributed by atoms with Crippen LogP contribution in [0.4, 0.5) is 0 Å². The zero-order valence-corrected chi connectivity index (χ0v) is 38.7. The van der Waals surface area contributed by atoms with Crippen molar-refractivity contribution in [1.29, 1.82) is 0 Å². The average molecular weight is 929 g/mol. The van der Waals surface area contributed by atoms with Gasteiger partial charge in [-0.3, -0.25) is 0 Å². The maximum absolute atomic E-state index is 12.6. The number of rotatable bonds is 7. The number of aliphatic hydroxyl groups excluding tert-OH is 8. The first kappa shape index (κ1) is 50.0. The standard InChI is InChI=1S/C41H64O14.C6H12O4/c1-19-36(47)27(42)14-33(50-19)54-38-21(3)52-34(16-29(38)44)55-37-20(2)51-32(15-28(37)43)53-24-8-10-39(4)23(13-24)6-7-26-25(39)9-11-40(5)35(22-12-31(46)49-18-22)30(45)17-41(26,40)48;1-3-6(9)4(7)2-5(8)10-3/h12,19-21,23-30,32-38,42-45,47-48H,6-11,13-18H2,1-5H3;3-9H,2H2,1H3/t19-,20-,21-,23-,24+,25+,26-,27+,28+,29+,30+,32+,33+,34+,35+,36-,37-,38-,39+,40-,41+;3-,4+,5-,6-/m11/s1. The third kappa shape index (κ3) is 9.61. The molecule has 9 N–H and O–H groups in total. The van der Waals surface area contributed by atoms with Crippen LogP contribution in [0.25, 0.3) is 0 Å². The molecule has 4 aliphatic carbocycles. The van der Waals surface area contributed by atoms with Crippen molar-refractivity contribution in [3.05, 3.63) is 11.6 Å². The minimum atomic E-state index is -1.01. The van der Waals surface area contributed by atoms with Crippen molar-refractivity contribution in [2.75, 3.05) is 6.61 Å². The third-order valence-electron chi connectivity index (χ3n) is 17.5. The Morgan fingerprint density at radius 2 is 1.15 bits per heavy atom. The molecule has 0 bridgehead atoms. The van der Waals surface area contributed by atoms with Crippen molar-refractivity contribution in [1.82, 2.24) is 0 Å². The van der Waals surface area contributed by atoms with E-state index in [0.29, 0.717) is 18.3 Å². The number of hydrogen-bond donors (Lipinski definition) is 9. The molecule has 4 saturated carbocycles. The Hall–Kier alpha value is -1.43. The Bertz CT molecular complexity index is 1640. The minimum Gasteiger partial charge on any atom is -0.458 e. The van der Waals surface area contributed by atoms with E-state index in [4.69, 9.17) is 53.2 Å². The summed E-state index contributed by atoms with van der Waals surface area (Å²) in [7, 11) is 0. The molecule has 8 fully saturated rings. The first-order chi connectivity index (χ1) is 30.6. The van der Waals surface area contributed by atoms with Gasteiger partial charge in [0.15, 0.2) is 25.2 Å². The van der Waals surface area contributed by atoms with Crippen LogP contribution in [0, 0.1) is 34.5 Å².